The minimum absolute atomic E-state index is 0.848. The summed E-state index contributed by atoms with van der Waals surface area (Å²) in [7, 11) is 0. The van der Waals surface area contributed by atoms with E-state index in [0.717, 1.165) is 11.8 Å². The Hall–Kier alpha value is -1.30. The predicted molar refractivity (Wildman–Crippen MR) is 69.2 cm³/mol. The Kier molecular flexibility index (Phi) is 2.07. The van der Waals surface area contributed by atoms with E-state index >= 15 is 0 Å². The predicted octanol–water partition coefficient (Wildman–Crippen LogP) is 4.28. The Labute approximate surface area is 97.7 Å². The maximum Gasteiger partial charge on any atom is -0.0128 e. The molecule has 1 fully saturated rings. The number of aryl methyl sites for hydroxylation is 2. The largest absolute Gasteiger partial charge is 0.0802 e. The Balaban J connectivity index is 2.10. The third-order valence-electron chi connectivity index (χ3n) is 4.00. The maximum atomic E-state index is 2.40. The van der Waals surface area contributed by atoms with Gasteiger partial charge in [0.2, 0.25) is 0 Å². The normalized spacial score (nSPS) is 26.9. The highest BCUT2D eigenvalue weighted by molar-refractivity contribution is 5.80. The van der Waals surface area contributed by atoms with Gasteiger partial charge in [0.05, 0.1) is 0 Å². The van der Waals surface area contributed by atoms with E-state index in [1.807, 2.05) is 0 Å². The minimum Gasteiger partial charge on any atom is -0.0802 e. The fraction of sp³-hybridized carbons (Fsp3) is 0.375. The topological polar surface area (TPSA) is 0 Å². The van der Waals surface area contributed by atoms with E-state index in [2.05, 4.69) is 51.1 Å². The molecule has 16 heavy (non-hydrogen) atoms. The van der Waals surface area contributed by atoms with E-state index in [0.29, 0.717) is 0 Å². The average molecular weight is 210 g/mol. The fourth-order valence-electron chi connectivity index (χ4n) is 2.89. The summed E-state index contributed by atoms with van der Waals surface area (Å²) >= 11 is 0. The third kappa shape index (κ3) is 1.44. The van der Waals surface area contributed by atoms with Crippen molar-refractivity contribution in [1.82, 2.24) is 0 Å². The first-order chi connectivity index (χ1) is 7.66. The molecule has 0 radical (unpaired) electrons. The van der Waals surface area contributed by atoms with Crippen LogP contribution in [0.1, 0.15) is 30.0 Å². The van der Waals surface area contributed by atoms with Crippen LogP contribution in [0, 0.1) is 25.7 Å². The van der Waals surface area contributed by atoms with Crippen LogP contribution in [0.5, 0.6) is 0 Å². The number of benzene rings is 1. The van der Waals surface area contributed by atoms with Crippen LogP contribution in [0.25, 0.3) is 5.57 Å². The Morgan fingerprint density at radius 3 is 2.69 bits per heavy atom. The van der Waals surface area contributed by atoms with E-state index in [1.54, 1.807) is 5.57 Å². The summed E-state index contributed by atoms with van der Waals surface area (Å²) in [6.07, 6.45) is 6.10. The fourth-order valence-corrected chi connectivity index (χ4v) is 2.89. The third-order valence-corrected chi connectivity index (χ3v) is 4.00. The van der Waals surface area contributed by atoms with Crippen molar-refractivity contribution in [1.29, 1.82) is 0 Å². The van der Waals surface area contributed by atoms with Crippen LogP contribution in [0.15, 0.2) is 35.9 Å². The SMILES string of the molecule is CC1=C(c2ccc(C)cc2C)C=CC2CC12. The van der Waals surface area contributed by atoms with Crippen LogP contribution in [-0.4, -0.2) is 0 Å². The Bertz CT molecular complexity index is 503. The second kappa shape index (κ2) is 3.35. The number of allylic oxidation sites excluding steroid dienone is 4. The standard InChI is InChI=1S/C16H18/c1-10-4-6-14(11(2)8-10)15-7-5-13-9-16(13)12(15)3/h4-8,13,16H,9H2,1-3H3. The van der Waals surface area contributed by atoms with Gasteiger partial charge in [-0.3, -0.25) is 0 Å². The molecule has 0 heterocycles. The summed E-state index contributed by atoms with van der Waals surface area (Å²) in [6, 6.07) is 6.77. The van der Waals surface area contributed by atoms with E-state index in [9.17, 15) is 0 Å². The van der Waals surface area contributed by atoms with Crippen LogP contribution in [-0.2, 0) is 0 Å². The zero-order chi connectivity index (χ0) is 11.3. The molecule has 2 aliphatic rings. The first-order valence-electron chi connectivity index (χ1n) is 6.13. The molecule has 0 N–H and O–H groups in total. The first-order valence-corrected chi connectivity index (χ1v) is 6.13. The number of hydrogen-bond donors (Lipinski definition) is 0. The highest BCUT2D eigenvalue weighted by atomic mass is 14.4. The lowest BCUT2D eigenvalue weighted by atomic mass is 9.90. The van der Waals surface area contributed by atoms with E-state index in [-0.39, 0.29) is 0 Å². The van der Waals surface area contributed by atoms with Gasteiger partial charge in [0, 0.05) is 0 Å². The minimum atomic E-state index is 0.848. The van der Waals surface area contributed by atoms with Crippen LogP contribution >= 0.6 is 0 Å². The molecule has 1 saturated carbocycles. The molecular weight excluding hydrogens is 192 g/mol. The van der Waals surface area contributed by atoms with Crippen LogP contribution in [0.4, 0.5) is 0 Å². The molecule has 2 atom stereocenters. The van der Waals surface area contributed by atoms with Gasteiger partial charge in [0.1, 0.15) is 0 Å². The lowest BCUT2D eigenvalue weighted by Gasteiger charge is -2.15. The molecule has 0 heteroatoms. The van der Waals surface area contributed by atoms with Gasteiger partial charge >= 0.3 is 0 Å². The van der Waals surface area contributed by atoms with Gasteiger partial charge in [-0.15, -0.1) is 0 Å². The van der Waals surface area contributed by atoms with E-state index < -0.39 is 0 Å². The van der Waals surface area contributed by atoms with Crippen LogP contribution in [0.2, 0.25) is 0 Å². The average Bonchev–Trinajstić information content (AvgIpc) is 3.00. The second-order valence-electron chi connectivity index (χ2n) is 5.28. The first kappa shape index (κ1) is 9.89. The summed E-state index contributed by atoms with van der Waals surface area (Å²) in [5, 5.41) is 0. The van der Waals surface area contributed by atoms with Gasteiger partial charge in [0.15, 0.2) is 0 Å². The van der Waals surface area contributed by atoms with Crippen LogP contribution < -0.4 is 0 Å². The van der Waals surface area contributed by atoms with Gasteiger partial charge in [-0.05, 0) is 55.7 Å². The Morgan fingerprint density at radius 1 is 1.12 bits per heavy atom. The summed E-state index contributed by atoms with van der Waals surface area (Å²) in [4.78, 5) is 0. The highest BCUT2D eigenvalue weighted by Gasteiger charge is 2.39. The van der Waals surface area contributed by atoms with Gasteiger partial charge in [-0.2, -0.15) is 0 Å². The number of hydrogen-bond acceptors (Lipinski definition) is 0. The molecule has 2 unspecified atom stereocenters. The van der Waals surface area contributed by atoms with Crippen molar-refractivity contribution in [2.75, 3.05) is 0 Å². The zero-order valence-corrected chi connectivity index (χ0v) is 10.2. The van der Waals surface area contributed by atoms with Gasteiger partial charge in [-0.25, -0.2) is 0 Å². The highest BCUT2D eigenvalue weighted by Crippen LogP contribution is 2.50. The van der Waals surface area contributed by atoms with Crippen molar-refractivity contribution in [2.45, 2.75) is 27.2 Å². The van der Waals surface area contributed by atoms with Crippen molar-refractivity contribution in [3.8, 4) is 0 Å². The van der Waals surface area contributed by atoms with Crippen molar-refractivity contribution >= 4 is 5.57 Å². The van der Waals surface area contributed by atoms with Crippen molar-refractivity contribution in [3.63, 3.8) is 0 Å². The summed E-state index contributed by atoms with van der Waals surface area (Å²) in [5.74, 6) is 1.70. The Morgan fingerprint density at radius 2 is 1.94 bits per heavy atom. The lowest BCUT2D eigenvalue weighted by molar-refractivity contribution is 0.915. The molecule has 0 bridgehead atoms. The van der Waals surface area contributed by atoms with E-state index in [4.69, 9.17) is 0 Å². The molecule has 0 spiro atoms. The number of fused-ring (bicyclic) bond motifs is 1. The van der Waals surface area contributed by atoms with E-state index in [1.165, 1.54) is 28.7 Å². The zero-order valence-electron chi connectivity index (χ0n) is 10.2. The smallest absolute Gasteiger partial charge is 0.0128 e. The van der Waals surface area contributed by atoms with Gasteiger partial charge in [0.25, 0.3) is 0 Å². The van der Waals surface area contributed by atoms with Crippen molar-refractivity contribution in [2.24, 2.45) is 11.8 Å². The number of rotatable bonds is 1. The quantitative estimate of drug-likeness (QED) is 0.649. The molecule has 0 amide bonds. The van der Waals surface area contributed by atoms with Crippen molar-refractivity contribution < 1.29 is 0 Å². The van der Waals surface area contributed by atoms with Gasteiger partial charge < -0.3 is 0 Å². The second-order valence-corrected chi connectivity index (χ2v) is 5.28. The summed E-state index contributed by atoms with van der Waals surface area (Å²) in [5.41, 5.74) is 7.24. The monoisotopic (exact) mass is 210 g/mol. The molecule has 3 rings (SSSR count). The molecule has 0 aromatic heterocycles. The molecule has 2 aliphatic carbocycles. The molecule has 82 valence electrons. The summed E-state index contributed by atoms with van der Waals surface area (Å²) < 4.78 is 0. The van der Waals surface area contributed by atoms with Crippen molar-refractivity contribution in [3.05, 3.63) is 52.6 Å². The maximum absolute atomic E-state index is 2.40. The molecular formula is C16H18. The van der Waals surface area contributed by atoms with Crippen LogP contribution in [0.3, 0.4) is 0 Å². The van der Waals surface area contributed by atoms with Gasteiger partial charge in [-0.1, -0.05) is 41.5 Å². The lowest BCUT2D eigenvalue weighted by Crippen LogP contribution is -1.97. The molecule has 0 saturated heterocycles. The molecule has 1 aromatic rings. The molecule has 0 aliphatic heterocycles. The summed E-state index contributed by atoms with van der Waals surface area (Å²) in [6.45, 7) is 6.68. The molecule has 1 aromatic carbocycles. The molecule has 0 nitrogen and oxygen atoms in total.